The number of allylic oxidation sites excluding steroid dienone is 1. The Hall–Kier alpha value is -1.65. The number of hydrogen-bond acceptors (Lipinski definition) is 4. The van der Waals surface area contributed by atoms with Gasteiger partial charge in [0, 0.05) is 28.6 Å². The van der Waals surface area contributed by atoms with Crippen molar-refractivity contribution in [2.24, 2.45) is 0 Å². The van der Waals surface area contributed by atoms with Crippen molar-refractivity contribution < 1.29 is 0 Å². The largest absolute Gasteiger partial charge is 0.366 e. The molecule has 102 valence electrons. The van der Waals surface area contributed by atoms with Crippen molar-refractivity contribution in [3.63, 3.8) is 0 Å². The van der Waals surface area contributed by atoms with Crippen molar-refractivity contribution in [1.82, 2.24) is 10.2 Å². The molecule has 0 radical (unpaired) electrons. The second kappa shape index (κ2) is 6.20. The molecule has 20 heavy (non-hydrogen) atoms. The maximum absolute atomic E-state index is 5.14. The summed E-state index contributed by atoms with van der Waals surface area (Å²) in [5.41, 5.74) is 2.61. The molecule has 1 aromatic heterocycles. The van der Waals surface area contributed by atoms with Crippen LogP contribution in [0.3, 0.4) is 0 Å². The van der Waals surface area contributed by atoms with Gasteiger partial charge in [0.1, 0.15) is 6.17 Å². The molecule has 1 aliphatic rings. The van der Waals surface area contributed by atoms with Crippen LogP contribution in [0.4, 0.5) is 0 Å². The predicted octanol–water partition coefficient (Wildman–Crippen LogP) is 3.56. The van der Waals surface area contributed by atoms with Gasteiger partial charge in [0.05, 0.1) is 6.54 Å². The summed E-state index contributed by atoms with van der Waals surface area (Å²) in [7, 11) is 0. The summed E-state index contributed by atoms with van der Waals surface area (Å²) in [6.07, 6.45) is 3.14. The molecular weight excluding hydrogens is 284 g/mol. The zero-order chi connectivity index (χ0) is 13.8. The maximum Gasteiger partial charge on any atom is 0.129 e. The molecule has 0 fully saturated rings. The standard InChI is InChI=1S/C16H16N2S2/c19-12-16-17-10-14(9-13-5-2-1-3-6-13)18(16)11-15-7-4-8-20-15/h1-8,10,12,16-17H,9,11H2. The Morgan fingerprint density at radius 3 is 2.75 bits per heavy atom. The van der Waals surface area contributed by atoms with Gasteiger partial charge in [-0.25, -0.2) is 0 Å². The highest BCUT2D eigenvalue weighted by Crippen LogP contribution is 2.23. The van der Waals surface area contributed by atoms with E-state index in [4.69, 9.17) is 12.2 Å². The predicted molar refractivity (Wildman–Crippen MR) is 88.7 cm³/mol. The van der Waals surface area contributed by atoms with Crippen molar-refractivity contribution >= 4 is 28.9 Å². The lowest BCUT2D eigenvalue weighted by atomic mass is 10.1. The molecule has 1 unspecified atom stereocenters. The molecule has 0 bridgehead atoms. The Labute approximate surface area is 128 Å². The highest BCUT2D eigenvalue weighted by atomic mass is 32.1. The Bertz CT molecular complexity index is 590. The zero-order valence-corrected chi connectivity index (χ0v) is 12.7. The smallest absolute Gasteiger partial charge is 0.129 e. The molecule has 1 atom stereocenters. The van der Waals surface area contributed by atoms with Gasteiger partial charge in [0.25, 0.3) is 0 Å². The van der Waals surface area contributed by atoms with Crippen molar-refractivity contribution in [3.8, 4) is 0 Å². The van der Waals surface area contributed by atoms with Crippen LogP contribution in [0.2, 0.25) is 0 Å². The van der Waals surface area contributed by atoms with E-state index in [9.17, 15) is 0 Å². The minimum Gasteiger partial charge on any atom is -0.366 e. The van der Waals surface area contributed by atoms with Crippen molar-refractivity contribution in [2.45, 2.75) is 19.1 Å². The molecule has 2 heterocycles. The quantitative estimate of drug-likeness (QED) is 0.850. The van der Waals surface area contributed by atoms with E-state index in [0.29, 0.717) is 0 Å². The molecule has 0 aliphatic carbocycles. The highest BCUT2D eigenvalue weighted by molar-refractivity contribution is 7.79. The van der Waals surface area contributed by atoms with Gasteiger partial charge in [-0.3, -0.25) is 0 Å². The van der Waals surface area contributed by atoms with Gasteiger partial charge in [-0.2, -0.15) is 0 Å². The summed E-state index contributed by atoms with van der Waals surface area (Å²) in [5.74, 6) is 0. The summed E-state index contributed by atoms with van der Waals surface area (Å²) in [4.78, 5) is 3.70. The first kappa shape index (κ1) is 13.3. The molecule has 1 aromatic carbocycles. The second-order valence-corrected chi connectivity index (χ2v) is 6.06. The summed E-state index contributed by atoms with van der Waals surface area (Å²) in [6.45, 7) is 0.904. The van der Waals surface area contributed by atoms with E-state index in [2.05, 4.69) is 58.2 Å². The van der Waals surface area contributed by atoms with E-state index in [1.807, 2.05) is 6.07 Å². The molecular formula is C16H16N2S2. The Morgan fingerprint density at radius 2 is 2.05 bits per heavy atom. The SMILES string of the molecule is S=CC1NC=C(Cc2ccccc2)N1Cc1cccs1. The third-order valence-electron chi connectivity index (χ3n) is 3.39. The molecule has 3 rings (SSSR count). The fraction of sp³-hybridized carbons (Fsp3) is 0.188. The van der Waals surface area contributed by atoms with Gasteiger partial charge >= 0.3 is 0 Å². The number of hydrogen-bond donors (Lipinski definition) is 1. The molecule has 1 aliphatic heterocycles. The van der Waals surface area contributed by atoms with Gasteiger partial charge < -0.3 is 10.2 Å². The lowest BCUT2D eigenvalue weighted by molar-refractivity contribution is 0.313. The number of rotatable bonds is 5. The molecule has 2 nitrogen and oxygen atoms in total. The van der Waals surface area contributed by atoms with Gasteiger partial charge in [0.2, 0.25) is 0 Å². The van der Waals surface area contributed by atoms with Crippen molar-refractivity contribution in [1.29, 1.82) is 0 Å². The average molecular weight is 300 g/mol. The number of nitrogens with zero attached hydrogens (tertiary/aromatic N) is 1. The molecule has 1 N–H and O–H groups in total. The zero-order valence-electron chi connectivity index (χ0n) is 11.0. The normalized spacial score (nSPS) is 17.7. The maximum atomic E-state index is 5.14. The third kappa shape index (κ3) is 2.92. The van der Waals surface area contributed by atoms with Crippen LogP contribution in [0.5, 0.6) is 0 Å². The first-order valence-electron chi connectivity index (χ1n) is 6.60. The lowest BCUT2D eigenvalue weighted by Crippen LogP contribution is -2.37. The van der Waals surface area contributed by atoms with E-state index < -0.39 is 0 Å². The minimum absolute atomic E-state index is 0.116. The fourth-order valence-electron chi connectivity index (χ4n) is 2.37. The van der Waals surface area contributed by atoms with E-state index in [1.54, 1.807) is 16.7 Å². The topological polar surface area (TPSA) is 15.3 Å². The summed E-state index contributed by atoms with van der Waals surface area (Å²) in [6, 6.07) is 14.8. The van der Waals surface area contributed by atoms with Crippen LogP contribution in [0.25, 0.3) is 0 Å². The third-order valence-corrected chi connectivity index (χ3v) is 4.51. The second-order valence-electron chi connectivity index (χ2n) is 4.75. The Balaban J connectivity index is 1.76. The van der Waals surface area contributed by atoms with Gasteiger partial charge in [-0.15, -0.1) is 11.3 Å². The summed E-state index contributed by atoms with van der Waals surface area (Å²) >= 11 is 6.93. The monoisotopic (exact) mass is 300 g/mol. The van der Waals surface area contributed by atoms with E-state index in [-0.39, 0.29) is 6.17 Å². The number of nitrogens with one attached hydrogen (secondary N) is 1. The van der Waals surface area contributed by atoms with Gasteiger partial charge in [-0.1, -0.05) is 48.6 Å². The molecule has 0 saturated carbocycles. The van der Waals surface area contributed by atoms with Crippen molar-refractivity contribution in [2.75, 3.05) is 0 Å². The van der Waals surface area contributed by atoms with Crippen LogP contribution in [-0.2, 0) is 13.0 Å². The molecule has 0 saturated heterocycles. The molecule has 4 heteroatoms. The number of thiocarbonyl (C=S) groups is 1. The number of benzene rings is 1. The van der Waals surface area contributed by atoms with Crippen LogP contribution in [0.1, 0.15) is 10.4 Å². The Kier molecular flexibility index (Phi) is 4.14. The summed E-state index contributed by atoms with van der Waals surface area (Å²) < 4.78 is 0. The minimum atomic E-state index is 0.116. The molecule has 2 aromatic rings. The van der Waals surface area contributed by atoms with E-state index in [0.717, 1.165) is 13.0 Å². The van der Waals surface area contributed by atoms with Gasteiger partial charge in [0.15, 0.2) is 0 Å². The first-order valence-corrected chi connectivity index (χ1v) is 7.95. The van der Waals surface area contributed by atoms with Gasteiger partial charge in [-0.05, 0) is 17.0 Å². The van der Waals surface area contributed by atoms with Crippen molar-refractivity contribution in [3.05, 3.63) is 70.2 Å². The highest BCUT2D eigenvalue weighted by Gasteiger charge is 2.24. The summed E-state index contributed by atoms with van der Waals surface area (Å²) in [5, 5.41) is 7.26. The van der Waals surface area contributed by atoms with Crippen LogP contribution in [0.15, 0.2) is 59.7 Å². The van der Waals surface area contributed by atoms with Crippen LogP contribution in [-0.4, -0.2) is 16.4 Å². The van der Waals surface area contributed by atoms with Crippen LogP contribution < -0.4 is 5.32 Å². The molecule has 0 amide bonds. The van der Waals surface area contributed by atoms with Crippen LogP contribution >= 0.6 is 23.6 Å². The molecule has 0 spiro atoms. The van der Waals surface area contributed by atoms with E-state index in [1.165, 1.54) is 16.1 Å². The van der Waals surface area contributed by atoms with Crippen LogP contribution in [0, 0.1) is 0 Å². The lowest BCUT2D eigenvalue weighted by Gasteiger charge is -2.26. The average Bonchev–Trinajstić information content (AvgIpc) is 3.11. The number of thiophene rings is 1. The fourth-order valence-corrected chi connectivity index (χ4v) is 3.30. The first-order chi connectivity index (χ1) is 9.86. The Morgan fingerprint density at radius 1 is 1.20 bits per heavy atom. The van der Waals surface area contributed by atoms with E-state index >= 15 is 0 Å².